The molecule has 5 nitrogen and oxygen atoms in total. The molecule has 0 spiro atoms. The van der Waals surface area contributed by atoms with Crippen molar-refractivity contribution in [3.05, 3.63) is 53.3 Å². The summed E-state index contributed by atoms with van der Waals surface area (Å²) in [5, 5.41) is 8.86. The molecule has 1 N–H and O–H groups in total. The van der Waals surface area contributed by atoms with Gasteiger partial charge in [0.2, 0.25) is 6.54 Å². The zero-order chi connectivity index (χ0) is 20.5. The molecule has 1 unspecified atom stereocenters. The predicted molar refractivity (Wildman–Crippen MR) is 112 cm³/mol. The van der Waals surface area contributed by atoms with E-state index in [4.69, 9.17) is 9.84 Å². The van der Waals surface area contributed by atoms with Crippen LogP contribution in [0.15, 0.2) is 36.7 Å². The molecule has 0 saturated heterocycles. The third kappa shape index (κ3) is 4.03. The van der Waals surface area contributed by atoms with Gasteiger partial charge in [-0.25, -0.2) is 4.79 Å². The van der Waals surface area contributed by atoms with E-state index in [-0.39, 0.29) is 12.1 Å². The zero-order valence-corrected chi connectivity index (χ0v) is 17.3. The topological polar surface area (TPSA) is 53.6 Å². The SMILES string of the molecule is COc1cc2c(cc1C=Cc1cc[n+](CC(=O)O)cc1)C(C)CC(C)(C)N2C. The van der Waals surface area contributed by atoms with E-state index in [1.54, 1.807) is 24.1 Å². The number of rotatable bonds is 5. The van der Waals surface area contributed by atoms with Crippen molar-refractivity contribution in [3.8, 4) is 5.75 Å². The van der Waals surface area contributed by atoms with Gasteiger partial charge in [0.15, 0.2) is 12.4 Å². The molecular weight excluding hydrogens is 352 g/mol. The summed E-state index contributed by atoms with van der Waals surface area (Å²) in [5.41, 5.74) is 4.74. The van der Waals surface area contributed by atoms with Crippen molar-refractivity contribution in [1.82, 2.24) is 0 Å². The highest BCUT2D eigenvalue weighted by atomic mass is 16.5. The fourth-order valence-corrected chi connectivity index (χ4v) is 3.95. The first-order valence-corrected chi connectivity index (χ1v) is 9.56. The van der Waals surface area contributed by atoms with Crippen molar-refractivity contribution in [3.63, 3.8) is 0 Å². The smallest absolute Gasteiger partial charge is 0.370 e. The number of hydrogen-bond donors (Lipinski definition) is 1. The Balaban J connectivity index is 1.91. The molecule has 0 radical (unpaired) electrons. The van der Waals surface area contributed by atoms with Crippen LogP contribution >= 0.6 is 0 Å². The van der Waals surface area contributed by atoms with E-state index in [1.807, 2.05) is 18.2 Å². The molecule has 148 valence electrons. The predicted octanol–water partition coefficient (Wildman–Crippen LogP) is 3.96. The summed E-state index contributed by atoms with van der Waals surface area (Å²) in [6.07, 6.45) is 8.74. The van der Waals surface area contributed by atoms with E-state index in [1.165, 1.54) is 11.3 Å². The molecule has 2 aromatic rings. The van der Waals surface area contributed by atoms with Gasteiger partial charge >= 0.3 is 5.97 Å². The van der Waals surface area contributed by atoms with E-state index in [0.29, 0.717) is 5.92 Å². The Bertz CT molecular complexity index is 901. The van der Waals surface area contributed by atoms with Crippen LogP contribution in [-0.4, -0.2) is 30.8 Å². The molecule has 3 rings (SSSR count). The number of benzene rings is 1. The number of carboxylic acid groups (broad SMARTS) is 1. The first-order chi connectivity index (χ1) is 13.2. The van der Waals surface area contributed by atoms with Crippen molar-refractivity contribution in [1.29, 1.82) is 0 Å². The monoisotopic (exact) mass is 381 g/mol. The van der Waals surface area contributed by atoms with Gasteiger partial charge in [0.05, 0.1) is 7.11 Å². The zero-order valence-electron chi connectivity index (χ0n) is 17.3. The minimum Gasteiger partial charge on any atom is -0.496 e. The Morgan fingerprint density at radius 3 is 2.61 bits per heavy atom. The Kier molecular flexibility index (Phi) is 5.45. The molecule has 0 aliphatic carbocycles. The summed E-state index contributed by atoms with van der Waals surface area (Å²) in [5.74, 6) is 0.476. The second kappa shape index (κ2) is 7.66. The number of aromatic nitrogens is 1. The van der Waals surface area contributed by atoms with Crippen LogP contribution in [0.2, 0.25) is 0 Å². The molecule has 1 aromatic carbocycles. The normalized spacial score (nSPS) is 18.2. The van der Waals surface area contributed by atoms with Crippen LogP contribution in [-0.2, 0) is 11.3 Å². The van der Waals surface area contributed by atoms with E-state index in [0.717, 1.165) is 23.3 Å². The Morgan fingerprint density at radius 2 is 2.00 bits per heavy atom. The van der Waals surface area contributed by atoms with Gasteiger partial charge in [-0.3, -0.25) is 0 Å². The lowest BCUT2D eigenvalue weighted by atomic mass is 9.80. The molecule has 1 aromatic heterocycles. The number of aliphatic carboxylic acids is 1. The van der Waals surface area contributed by atoms with Crippen LogP contribution in [0.5, 0.6) is 5.75 Å². The Hall–Kier alpha value is -2.82. The van der Waals surface area contributed by atoms with Gasteiger partial charge in [-0.2, -0.15) is 4.57 Å². The second-order valence-electron chi connectivity index (χ2n) is 8.16. The average molecular weight is 381 g/mol. The molecule has 2 heterocycles. The van der Waals surface area contributed by atoms with Crippen LogP contribution in [0.4, 0.5) is 5.69 Å². The number of nitrogens with zero attached hydrogens (tertiary/aromatic N) is 2. The van der Waals surface area contributed by atoms with Crippen molar-refractivity contribution < 1.29 is 19.2 Å². The fraction of sp³-hybridized carbons (Fsp3) is 0.391. The average Bonchev–Trinajstić information content (AvgIpc) is 2.64. The highest BCUT2D eigenvalue weighted by Gasteiger charge is 2.34. The molecule has 5 heteroatoms. The fourth-order valence-electron chi connectivity index (χ4n) is 3.95. The van der Waals surface area contributed by atoms with Crippen molar-refractivity contribution in [2.75, 3.05) is 19.1 Å². The molecule has 0 amide bonds. The van der Waals surface area contributed by atoms with Gasteiger partial charge in [0, 0.05) is 42.0 Å². The first kappa shape index (κ1) is 19.9. The van der Waals surface area contributed by atoms with Gasteiger partial charge in [-0.15, -0.1) is 0 Å². The van der Waals surface area contributed by atoms with Gasteiger partial charge in [0.1, 0.15) is 5.75 Å². The van der Waals surface area contributed by atoms with Crippen molar-refractivity contribution in [2.45, 2.75) is 45.2 Å². The lowest BCUT2D eigenvalue weighted by Gasteiger charge is -2.45. The summed E-state index contributed by atoms with van der Waals surface area (Å²) in [4.78, 5) is 13.1. The third-order valence-electron chi connectivity index (χ3n) is 5.68. The lowest BCUT2D eigenvalue weighted by molar-refractivity contribution is -0.685. The maximum atomic E-state index is 10.8. The highest BCUT2D eigenvalue weighted by molar-refractivity contribution is 5.76. The van der Waals surface area contributed by atoms with Gasteiger partial charge < -0.3 is 14.7 Å². The van der Waals surface area contributed by atoms with Crippen molar-refractivity contribution in [2.24, 2.45) is 0 Å². The summed E-state index contributed by atoms with van der Waals surface area (Å²) in [7, 11) is 3.85. The number of anilines is 1. The standard InChI is InChI=1S/C23H28N2O3/c1-16-14-23(2,3)24(4)20-13-21(28-5)18(12-19(16)20)7-6-17-8-10-25(11-9-17)15-22(26)27/h6-13,16H,14-15H2,1-5H3/p+1. The quantitative estimate of drug-likeness (QED) is 0.797. The van der Waals surface area contributed by atoms with Crippen LogP contribution in [0.25, 0.3) is 12.2 Å². The van der Waals surface area contributed by atoms with Gasteiger partial charge in [-0.1, -0.05) is 19.1 Å². The highest BCUT2D eigenvalue weighted by Crippen LogP contribution is 2.45. The number of carbonyl (C=O) groups is 1. The number of carboxylic acids is 1. The third-order valence-corrected chi connectivity index (χ3v) is 5.68. The van der Waals surface area contributed by atoms with Crippen LogP contribution in [0, 0.1) is 0 Å². The molecule has 1 aliphatic rings. The van der Waals surface area contributed by atoms with Crippen LogP contribution in [0.3, 0.4) is 0 Å². The molecule has 0 saturated carbocycles. The number of ether oxygens (including phenoxy) is 1. The summed E-state index contributed by atoms with van der Waals surface area (Å²) in [6, 6.07) is 8.18. The number of fused-ring (bicyclic) bond motifs is 1. The van der Waals surface area contributed by atoms with E-state index < -0.39 is 5.97 Å². The second-order valence-corrected chi connectivity index (χ2v) is 8.16. The van der Waals surface area contributed by atoms with Crippen LogP contribution in [0.1, 0.15) is 49.8 Å². The summed E-state index contributed by atoms with van der Waals surface area (Å²) < 4.78 is 7.30. The Morgan fingerprint density at radius 1 is 1.32 bits per heavy atom. The molecule has 1 aliphatic heterocycles. The molecule has 0 bridgehead atoms. The molecule has 28 heavy (non-hydrogen) atoms. The maximum Gasteiger partial charge on any atom is 0.370 e. The largest absolute Gasteiger partial charge is 0.496 e. The van der Waals surface area contributed by atoms with Gasteiger partial charge in [0.25, 0.3) is 0 Å². The first-order valence-electron chi connectivity index (χ1n) is 9.56. The van der Waals surface area contributed by atoms with E-state index >= 15 is 0 Å². The molecule has 0 fully saturated rings. The van der Waals surface area contributed by atoms with Crippen molar-refractivity contribution >= 4 is 23.8 Å². The molecule has 1 atom stereocenters. The number of hydrogen-bond acceptors (Lipinski definition) is 3. The summed E-state index contributed by atoms with van der Waals surface area (Å²) in [6.45, 7) is 6.80. The Labute approximate surface area is 166 Å². The molecular formula is C23H29N2O3+. The van der Waals surface area contributed by atoms with Crippen LogP contribution < -0.4 is 14.2 Å². The number of methoxy groups -OCH3 is 1. The minimum atomic E-state index is -0.852. The summed E-state index contributed by atoms with van der Waals surface area (Å²) >= 11 is 0. The maximum absolute atomic E-state index is 10.8. The van der Waals surface area contributed by atoms with E-state index in [9.17, 15) is 4.79 Å². The number of pyridine rings is 1. The minimum absolute atomic E-state index is 0.0373. The van der Waals surface area contributed by atoms with E-state index in [2.05, 4.69) is 50.9 Å². The van der Waals surface area contributed by atoms with Gasteiger partial charge in [-0.05, 0) is 43.4 Å². The lowest BCUT2D eigenvalue weighted by Crippen LogP contribution is -2.45.